The minimum absolute atomic E-state index is 0.0163. The van der Waals surface area contributed by atoms with Crippen LogP contribution in [0, 0.1) is 11.8 Å². The molecule has 0 unspecified atom stereocenters. The fourth-order valence-corrected chi connectivity index (χ4v) is 2.45. The molecule has 2 amide bonds. The summed E-state index contributed by atoms with van der Waals surface area (Å²) in [6.07, 6.45) is 2.01. The van der Waals surface area contributed by atoms with E-state index in [4.69, 9.17) is 5.73 Å². The molecule has 0 rings (SSSR count). The van der Waals surface area contributed by atoms with E-state index in [9.17, 15) is 14.4 Å². The van der Waals surface area contributed by atoms with Gasteiger partial charge in [-0.15, -0.1) is 0 Å². The topological polar surface area (TPSA) is 113 Å². The summed E-state index contributed by atoms with van der Waals surface area (Å²) in [7, 11) is 0. The first-order chi connectivity index (χ1) is 12.1. The largest absolute Gasteiger partial charge is 0.347 e. The Morgan fingerprint density at radius 3 is 2.00 bits per heavy atom. The summed E-state index contributed by atoms with van der Waals surface area (Å²) < 4.78 is 0. The van der Waals surface area contributed by atoms with Crippen LogP contribution in [0.2, 0.25) is 0 Å². The molecule has 7 nitrogen and oxygen atoms in total. The van der Waals surface area contributed by atoms with Crippen molar-refractivity contribution in [2.75, 3.05) is 13.1 Å². The molecule has 0 heterocycles. The van der Waals surface area contributed by atoms with Gasteiger partial charge in [0, 0.05) is 12.0 Å². The van der Waals surface area contributed by atoms with E-state index in [1.54, 1.807) is 13.8 Å². The lowest BCUT2D eigenvalue weighted by Crippen LogP contribution is -2.55. The van der Waals surface area contributed by atoms with Crippen LogP contribution in [0.25, 0.3) is 0 Å². The zero-order chi connectivity index (χ0) is 20.3. The lowest BCUT2D eigenvalue weighted by Gasteiger charge is -2.27. The number of hydrogen-bond donors (Lipinski definition) is 4. The molecule has 0 saturated heterocycles. The summed E-state index contributed by atoms with van der Waals surface area (Å²) in [6, 6.07) is -0.886. The van der Waals surface area contributed by atoms with Crippen molar-refractivity contribution in [3.63, 3.8) is 0 Å². The van der Waals surface area contributed by atoms with Gasteiger partial charge in [0.15, 0.2) is 5.78 Å². The Morgan fingerprint density at radius 2 is 1.54 bits per heavy atom. The highest BCUT2D eigenvalue weighted by Crippen LogP contribution is 2.07. The maximum Gasteiger partial charge on any atom is 0.242 e. The van der Waals surface area contributed by atoms with Gasteiger partial charge in [-0.25, -0.2) is 0 Å². The third-order valence-electron chi connectivity index (χ3n) is 4.12. The fraction of sp³-hybridized carbons (Fsp3) is 0.842. The van der Waals surface area contributed by atoms with Crippen molar-refractivity contribution in [3.05, 3.63) is 0 Å². The molecule has 0 aromatic heterocycles. The van der Waals surface area contributed by atoms with Crippen LogP contribution < -0.4 is 21.7 Å². The minimum atomic E-state index is -0.663. The zero-order valence-corrected chi connectivity index (χ0v) is 17.2. The van der Waals surface area contributed by atoms with E-state index in [0.29, 0.717) is 13.0 Å². The lowest BCUT2D eigenvalue weighted by atomic mass is 10.0. The smallest absolute Gasteiger partial charge is 0.242 e. The summed E-state index contributed by atoms with van der Waals surface area (Å²) in [5, 5.41) is 8.74. The number of nitrogens with two attached hydrogens (primary N) is 1. The van der Waals surface area contributed by atoms with E-state index in [0.717, 1.165) is 12.8 Å². The van der Waals surface area contributed by atoms with Crippen molar-refractivity contribution in [1.82, 2.24) is 16.0 Å². The van der Waals surface area contributed by atoms with Crippen molar-refractivity contribution in [3.8, 4) is 0 Å². The zero-order valence-electron chi connectivity index (χ0n) is 17.2. The number of amides is 2. The third kappa shape index (κ3) is 9.87. The monoisotopic (exact) mass is 370 g/mol. The normalized spacial score (nSPS) is 13.8. The van der Waals surface area contributed by atoms with E-state index >= 15 is 0 Å². The Bertz CT molecular complexity index is 450. The highest BCUT2D eigenvalue weighted by Gasteiger charge is 2.27. The van der Waals surface area contributed by atoms with E-state index in [-0.39, 0.29) is 48.1 Å². The summed E-state index contributed by atoms with van der Waals surface area (Å²) in [5.41, 5.74) is 5.52. The summed E-state index contributed by atoms with van der Waals surface area (Å²) in [5.74, 6) is -0.603. The minimum Gasteiger partial charge on any atom is -0.347 e. The van der Waals surface area contributed by atoms with Crippen LogP contribution in [-0.2, 0) is 14.4 Å². The first kappa shape index (κ1) is 24.5. The maximum absolute atomic E-state index is 12.7. The van der Waals surface area contributed by atoms with Crippen LogP contribution in [0.3, 0.4) is 0 Å². The number of unbranched alkanes of at least 4 members (excludes halogenated alkanes) is 1. The molecule has 0 aliphatic heterocycles. The first-order valence-electron chi connectivity index (χ1n) is 9.67. The second kappa shape index (κ2) is 12.8. The van der Waals surface area contributed by atoms with Gasteiger partial charge in [-0.1, -0.05) is 41.5 Å². The lowest BCUT2D eigenvalue weighted by molar-refractivity contribution is -0.131. The molecule has 5 N–H and O–H groups in total. The van der Waals surface area contributed by atoms with E-state index in [1.807, 2.05) is 27.7 Å². The number of ketones is 1. The van der Waals surface area contributed by atoms with Gasteiger partial charge in [-0.2, -0.15) is 0 Å². The molecule has 0 aliphatic carbocycles. The predicted octanol–water partition coefficient (Wildman–Crippen LogP) is 0.964. The molecule has 0 aromatic rings. The van der Waals surface area contributed by atoms with Crippen molar-refractivity contribution < 1.29 is 14.4 Å². The second-order valence-electron chi connectivity index (χ2n) is 7.73. The van der Waals surface area contributed by atoms with Crippen molar-refractivity contribution >= 4 is 17.6 Å². The molecule has 26 heavy (non-hydrogen) atoms. The summed E-state index contributed by atoms with van der Waals surface area (Å²) in [6.45, 7) is 12.0. The molecule has 0 aliphatic rings. The van der Waals surface area contributed by atoms with Crippen LogP contribution in [0.1, 0.15) is 60.8 Å². The Labute approximate surface area is 158 Å². The Kier molecular flexibility index (Phi) is 12.1. The van der Waals surface area contributed by atoms with Crippen molar-refractivity contribution in [1.29, 1.82) is 0 Å². The number of hydrogen-bond acceptors (Lipinski definition) is 5. The average Bonchev–Trinajstić information content (AvgIpc) is 2.55. The average molecular weight is 371 g/mol. The Balaban J connectivity index is 4.96. The van der Waals surface area contributed by atoms with Crippen LogP contribution in [-0.4, -0.2) is 48.8 Å². The van der Waals surface area contributed by atoms with Gasteiger partial charge in [0.1, 0.15) is 6.04 Å². The van der Waals surface area contributed by atoms with Crippen LogP contribution in [0.15, 0.2) is 0 Å². The van der Waals surface area contributed by atoms with E-state index in [2.05, 4.69) is 16.0 Å². The quantitative estimate of drug-likeness (QED) is 0.361. The number of carbonyl (C=O) groups excluding carboxylic acids is 3. The molecule has 0 aromatic carbocycles. The molecule has 0 saturated carbocycles. The molecule has 0 fully saturated rings. The van der Waals surface area contributed by atoms with Gasteiger partial charge in [-0.3, -0.25) is 14.4 Å². The molecular weight excluding hydrogens is 332 g/mol. The van der Waals surface area contributed by atoms with Gasteiger partial charge < -0.3 is 21.7 Å². The fourth-order valence-electron chi connectivity index (χ4n) is 2.45. The third-order valence-corrected chi connectivity index (χ3v) is 4.12. The Morgan fingerprint density at radius 1 is 0.923 bits per heavy atom. The number of rotatable bonds is 13. The van der Waals surface area contributed by atoms with Gasteiger partial charge in [-0.05, 0) is 31.7 Å². The predicted molar refractivity (Wildman–Crippen MR) is 105 cm³/mol. The van der Waals surface area contributed by atoms with E-state index in [1.165, 1.54) is 0 Å². The summed E-state index contributed by atoms with van der Waals surface area (Å²) >= 11 is 0. The second-order valence-corrected chi connectivity index (χ2v) is 7.73. The maximum atomic E-state index is 12.7. The van der Waals surface area contributed by atoms with Crippen molar-refractivity contribution in [2.45, 2.75) is 78.9 Å². The molecule has 0 radical (unpaired) electrons. The highest BCUT2D eigenvalue weighted by atomic mass is 16.2. The number of carbonyl (C=O) groups is 3. The molecule has 2 atom stereocenters. The molecular formula is C19H38N4O3. The molecule has 152 valence electrons. The SMILES string of the molecule is CC(C)N[C@H](C(=O)N[C@@H](CCCCN)C(=O)NCC(=O)C(C)C)C(C)C. The highest BCUT2D eigenvalue weighted by molar-refractivity contribution is 5.92. The van der Waals surface area contributed by atoms with Gasteiger partial charge in [0.25, 0.3) is 0 Å². The number of nitrogens with one attached hydrogen (secondary N) is 3. The molecule has 0 spiro atoms. The standard InChI is InChI=1S/C19H38N4O3/c1-12(2)16(24)11-21-18(25)15(9-7-8-10-20)23-19(26)17(13(3)4)22-14(5)6/h12-15,17,22H,7-11,20H2,1-6H3,(H,21,25)(H,23,26)/t15-,17-/m0/s1. The number of Topliss-reactive ketones (excluding diaryl/α,β-unsaturated/α-hetero) is 1. The van der Waals surface area contributed by atoms with Gasteiger partial charge >= 0.3 is 0 Å². The van der Waals surface area contributed by atoms with E-state index < -0.39 is 6.04 Å². The van der Waals surface area contributed by atoms with Crippen LogP contribution in [0.5, 0.6) is 0 Å². The molecule has 7 heteroatoms. The van der Waals surface area contributed by atoms with Crippen LogP contribution >= 0.6 is 0 Å². The Hall–Kier alpha value is -1.47. The summed E-state index contributed by atoms with van der Waals surface area (Å²) in [4.78, 5) is 36.9. The van der Waals surface area contributed by atoms with Gasteiger partial charge in [0.2, 0.25) is 11.8 Å². The first-order valence-corrected chi connectivity index (χ1v) is 9.67. The van der Waals surface area contributed by atoms with Crippen LogP contribution in [0.4, 0.5) is 0 Å². The van der Waals surface area contributed by atoms with Gasteiger partial charge in [0.05, 0.1) is 12.6 Å². The van der Waals surface area contributed by atoms with Crippen molar-refractivity contribution in [2.24, 2.45) is 17.6 Å². The molecule has 0 bridgehead atoms.